The Hall–Kier alpha value is -3.26. The van der Waals surface area contributed by atoms with Crippen molar-refractivity contribution in [2.24, 2.45) is 0 Å². The number of amides is 3. The number of rotatable bonds is 3. The molecule has 0 aliphatic carbocycles. The molecule has 0 saturated carbocycles. The molecule has 3 amide bonds. The SMILES string of the molecule is CN(c1cscn1)c1ccc2c3c(cccc13)C(=O)N2C1CCC(=O)NC1=O. The smallest absolute Gasteiger partial charge is 0.259 e. The number of hydrogen-bond acceptors (Lipinski definition) is 6. The van der Waals surface area contributed by atoms with Crippen molar-refractivity contribution >= 4 is 57.0 Å². The van der Waals surface area contributed by atoms with Crippen LogP contribution in [0.15, 0.2) is 41.2 Å². The van der Waals surface area contributed by atoms with E-state index in [0.717, 1.165) is 22.3 Å². The third kappa shape index (κ3) is 2.34. The summed E-state index contributed by atoms with van der Waals surface area (Å²) in [6, 6.07) is 8.75. The highest BCUT2D eigenvalue weighted by atomic mass is 32.1. The van der Waals surface area contributed by atoms with Crippen LogP contribution in [-0.4, -0.2) is 35.8 Å². The Morgan fingerprint density at radius 2 is 2.07 bits per heavy atom. The summed E-state index contributed by atoms with van der Waals surface area (Å²) >= 11 is 1.52. The van der Waals surface area contributed by atoms with Crippen molar-refractivity contribution < 1.29 is 14.4 Å². The Labute approximate surface area is 164 Å². The van der Waals surface area contributed by atoms with Gasteiger partial charge in [0.05, 0.1) is 16.9 Å². The normalized spacial score (nSPS) is 18.7. The molecular formula is C20H16N4O3S. The lowest BCUT2D eigenvalue weighted by molar-refractivity contribution is -0.134. The number of carbonyl (C=O) groups is 3. The lowest BCUT2D eigenvalue weighted by atomic mass is 10.0. The number of nitrogens with one attached hydrogen (secondary N) is 1. The average Bonchev–Trinajstić information content (AvgIpc) is 3.31. The molecule has 1 atom stereocenters. The second kappa shape index (κ2) is 6.13. The molecule has 2 aliphatic rings. The van der Waals surface area contributed by atoms with Gasteiger partial charge in [-0.2, -0.15) is 0 Å². The summed E-state index contributed by atoms with van der Waals surface area (Å²) in [4.78, 5) is 44.9. The second-order valence-electron chi connectivity index (χ2n) is 6.88. The van der Waals surface area contributed by atoms with Gasteiger partial charge in [-0.3, -0.25) is 24.6 Å². The van der Waals surface area contributed by atoms with Crippen LogP contribution in [0, 0.1) is 0 Å². The number of benzene rings is 2. The summed E-state index contributed by atoms with van der Waals surface area (Å²) in [5.41, 5.74) is 4.00. The molecular weight excluding hydrogens is 376 g/mol. The van der Waals surface area contributed by atoms with E-state index in [2.05, 4.69) is 10.3 Å². The van der Waals surface area contributed by atoms with Crippen LogP contribution in [0.4, 0.5) is 17.2 Å². The van der Waals surface area contributed by atoms with Crippen molar-refractivity contribution in [2.45, 2.75) is 18.9 Å². The van der Waals surface area contributed by atoms with Crippen LogP contribution >= 0.6 is 11.3 Å². The second-order valence-corrected chi connectivity index (χ2v) is 7.60. The molecule has 1 fully saturated rings. The number of imide groups is 1. The Morgan fingerprint density at radius 3 is 2.82 bits per heavy atom. The summed E-state index contributed by atoms with van der Waals surface area (Å²) in [5.74, 6) is -0.0920. The highest BCUT2D eigenvalue weighted by Crippen LogP contribution is 2.44. The first-order valence-electron chi connectivity index (χ1n) is 8.91. The highest BCUT2D eigenvalue weighted by Gasteiger charge is 2.41. The molecule has 5 rings (SSSR count). The van der Waals surface area contributed by atoms with Crippen LogP contribution in [0.3, 0.4) is 0 Å². The van der Waals surface area contributed by atoms with Crippen LogP contribution in [0.25, 0.3) is 10.8 Å². The summed E-state index contributed by atoms with van der Waals surface area (Å²) < 4.78 is 0. The van der Waals surface area contributed by atoms with E-state index in [4.69, 9.17) is 0 Å². The molecule has 8 heteroatoms. The van der Waals surface area contributed by atoms with Gasteiger partial charge in [0, 0.05) is 35.2 Å². The minimum Gasteiger partial charge on any atom is -0.328 e. The molecule has 2 aliphatic heterocycles. The zero-order valence-corrected chi connectivity index (χ0v) is 15.8. The summed E-state index contributed by atoms with van der Waals surface area (Å²) in [6.45, 7) is 0. The summed E-state index contributed by atoms with van der Waals surface area (Å²) in [5, 5.41) is 6.06. The van der Waals surface area contributed by atoms with Crippen molar-refractivity contribution in [1.82, 2.24) is 10.3 Å². The molecule has 7 nitrogen and oxygen atoms in total. The molecule has 2 aromatic carbocycles. The fraction of sp³-hybridized carbons (Fsp3) is 0.200. The number of piperidine rings is 1. The number of aromatic nitrogens is 1. The lowest BCUT2D eigenvalue weighted by Gasteiger charge is -2.30. The fourth-order valence-electron chi connectivity index (χ4n) is 4.02. The lowest BCUT2D eigenvalue weighted by Crippen LogP contribution is -2.53. The van der Waals surface area contributed by atoms with E-state index in [1.165, 1.54) is 16.2 Å². The van der Waals surface area contributed by atoms with Gasteiger partial charge in [0.2, 0.25) is 11.8 Å². The van der Waals surface area contributed by atoms with Crippen LogP contribution in [0.2, 0.25) is 0 Å². The minimum absolute atomic E-state index is 0.205. The third-order valence-corrected chi connectivity index (χ3v) is 5.92. The molecule has 1 aromatic heterocycles. The zero-order valence-electron chi connectivity index (χ0n) is 15.0. The largest absolute Gasteiger partial charge is 0.328 e. The van der Waals surface area contributed by atoms with Crippen molar-refractivity contribution in [3.63, 3.8) is 0 Å². The quantitative estimate of drug-likeness (QED) is 0.693. The van der Waals surface area contributed by atoms with Gasteiger partial charge in [-0.05, 0) is 24.6 Å². The monoisotopic (exact) mass is 392 g/mol. The van der Waals surface area contributed by atoms with Crippen LogP contribution in [0.1, 0.15) is 23.2 Å². The maximum Gasteiger partial charge on any atom is 0.259 e. The average molecular weight is 392 g/mol. The van der Waals surface area contributed by atoms with E-state index < -0.39 is 11.9 Å². The fourth-order valence-corrected chi connectivity index (χ4v) is 4.59. The number of hydrogen-bond donors (Lipinski definition) is 1. The van der Waals surface area contributed by atoms with Crippen LogP contribution in [0.5, 0.6) is 0 Å². The highest BCUT2D eigenvalue weighted by molar-refractivity contribution is 7.07. The first-order chi connectivity index (χ1) is 13.6. The van der Waals surface area contributed by atoms with Gasteiger partial charge in [0.25, 0.3) is 5.91 Å². The van der Waals surface area contributed by atoms with Gasteiger partial charge < -0.3 is 4.90 Å². The van der Waals surface area contributed by atoms with E-state index in [1.807, 2.05) is 41.6 Å². The maximum atomic E-state index is 13.2. The molecule has 0 spiro atoms. The molecule has 1 N–H and O–H groups in total. The first-order valence-corrected chi connectivity index (χ1v) is 9.85. The van der Waals surface area contributed by atoms with Crippen molar-refractivity contribution in [3.05, 3.63) is 46.8 Å². The predicted octanol–water partition coefficient (Wildman–Crippen LogP) is 2.83. The number of nitrogens with zero attached hydrogens (tertiary/aromatic N) is 3. The molecule has 1 saturated heterocycles. The third-order valence-electron chi connectivity index (χ3n) is 5.35. The molecule has 140 valence electrons. The van der Waals surface area contributed by atoms with E-state index in [0.29, 0.717) is 17.7 Å². The Kier molecular flexibility index (Phi) is 3.70. The molecule has 3 heterocycles. The Balaban J connectivity index is 1.65. The number of anilines is 3. The number of carbonyl (C=O) groups excluding carboxylic acids is 3. The minimum atomic E-state index is -0.678. The topological polar surface area (TPSA) is 82.6 Å². The Morgan fingerprint density at radius 1 is 1.21 bits per heavy atom. The van der Waals surface area contributed by atoms with Gasteiger partial charge in [0.15, 0.2) is 0 Å². The summed E-state index contributed by atoms with van der Waals surface area (Å²) in [7, 11) is 1.94. The number of thiazole rings is 1. The van der Waals surface area contributed by atoms with Crippen LogP contribution < -0.4 is 15.1 Å². The van der Waals surface area contributed by atoms with Gasteiger partial charge >= 0.3 is 0 Å². The van der Waals surface area contributed by atoms with E-state index in [-0.39, 0.29) is 18.2 Å². The van der Waals surface area contributed by atoms with Crippen molar-refractivity contribution in [2.75, 3.05) is 16.8 Å². The van der Waals surface area contributed by atoms with Gasteiger partial charge in [0.1, 0.15) is 11.9 Å². The summed E-state index contributed by atoms with van der Waals surface area (Å²) in [6.07, 6.45) is 0.552. The van der Waals surface area contributed by atoms with Crippen molar-refractivity contribution in [3.8, 4) is 0 Å². The maximum absolute atomic E-state index is 13.2. The molecule has 0 radical (unpaired) electrons. The van der Waals surface area contributed by atoms with Gasteiger partial charge in [-0.1, -0.05) is 12.1 Å². The first kappa shape index (κ1) is 16.9. The van der Waals surface area contributed by atoms with Crippen molar-refractivity contribution in [1.29, 1.82) is 0 Å². The van der Waals surface area contributed by atoms with Gasteiger partial charge in [-0.15, -0.1) is 11.3 Å². The van der Waals surface area contributed by atoms with E-state index in [9.17, 15) is 14.4 Å². The standard InChI is InChI=1S/C20H16N4O3S/c1-23(16-9-28-10-21-16)13-5-6-14-18-11(13)3-2-4-12(18)20(27)24(14)15-7-8-17(25)22-19(15)26/h2-6,9-10,15H,7-8H2,1H3,(H,22,25,26). The van der Waals surface area contributed by atoms with Gasteiger partial charge in [-0.25, -0.2) is 4.98 Å². The Bertz CT molecular complexity index is 1140. The van der Waals surface area contributed by atoms with E-state index in [1.54, 1.807) is 11.6 Å². The van der Waals surface area contributed by atoms with E-state index >= 15 is 0 Å². The predicted molar refractivity (Wildman–Crippen MR) is 107 cm³/mol. The molecule has 1 unspecified atom stereocenters. The molecule has 0 bridgehead atoms. The van der Waals surface area contributed by atoms with Crippen LogP contribution in [-0.2, 0) is 9.59 Å². The zero-order chi connectivity index (χ0) is 19.4. The molecule has 3 aromatic rings. The molecule has 28 heavy (non-hydrogen) atoms.